The van der Waals surface area contributed by atoms with E-state index in [-0.39, 0.29) is 24.3 Å². The van der Waals surface area contributed by atoms with Gasteiger partial charge in [-0.05, 0) is 36.0 Å². The molecule has 0 radical (unpaired) electrons. The molecule has 1 fully saturated rings. The number of carboxylic acid groups (broad SMARTS) is 1. The number of hydrogen-bond acceptors (Lipinski definition) is 2. The zero-order valence-corrected chi connectivity index (χ0v) is 13.1. The van der Waals surface area contributed by atoms with Gasteiger partial charge in [0, 0.05) is 16.6 Å². The van der Waals surface area contributed by atoms with Gasteiger partial charge < -0.3 is 10.4 Å². The number of benzene rings is 1. The second-order valence-corrected chi connectivity index (χ2v) is 6.64. The average Bonchev–Trinajstić information content (AvgIpc) is 3.06. The number of amides is 1. The largest absolute Gasteiger partial charge is 0.481 e. The van der Waals surface area contributed by atoms with Crippen LogP contribution in [0.15, 0.2) is 30.4 Å². The number of carbonyl (C=O) groups excluding carboxylic acids is 1. The van der Waals surface area contributed by atoms with Crippen molar-refractivity contribution in [3.05, 3.63) is 46.0 Å². The molecule has 116 valence electrons. The highest BCUT2D eigenvalue weighted by atomic mass is 35.5. The molecule has 0 unspecified atom stereocenters. The Morgan fingerprint density at radius 1 is 1.18 bits per heavy atom. The molecule has 2 N–H and O–H groups in total. The summed E-state index contributed by atoms with van der Waals surface area (Å²) in [5.74, 6) is -2.27. The molecule has 2 aliphatic rings. The van der Waals surface area contributed by atoms with Gasteiger partial charge in [0.25, 0.3) is 0 Å². The number of carbonyl (C=O) groups is 2. The Morgan fingerprint density at radius 2 is 1.86 bits per heavy atom. The highest BCUT2D eigenvalue weighted by Crippen LogP contribution is 2.48. The van der Waals surface area contributed by atoms with Crippen LogP contribution in [-0.2, 0) is 16.1 Å². The summed E-state index contributed by atoms with van der Waals surface area (Å²) >= 11 is 11.9. The maximum atomic E-state index is 12.4. The second kappa shape index (κ2) is 5.94. The van der Waals surface area contributed by atoms with Crippen LogP contribution in [0.3, 0.4) is 0 Å². The van der Waals surface area contributed by atoms with Crippen molar-refractivity contribution in [3.8, 4) is 0 Å². The Morgan fingerprint density at radius 3 is 2.50 bits per heavy atom. The topological polar surface area (TPSA) is 66.4 Å². The molecule has 1 amide bonds. The minimum atomic E-state index is -0.901. The van der Waals surface area contributed by atoms with E-state index >= 15 is 0 Å². The number of hydrogen-bond donors (Lipinski definition) is 2. The standard InChI is InChI=1S/C16H15Cl2NO3/c17-11-4-3-10(12(18)6-11)7-19-15(20)13-8-1-2-9(5-8)14(13)16(21)22/h1-4,6,8-9,13-14H,5,7H2,(H,19,20)(H,21,22)/t8-,9-,13-,14-/m0/s1. The highest BCUT2D eigenvalue weighted by Gasteiger charge is 2.51. The van der Waals surface area contributed by atoms with Crippen molar-refractivity contribution in [1.82, 2.24) is 5.32 Å². The molecule has 0 spiro atoms. The van der Waals surface area contributed by atoms with Crippen LogP contribution < -0.4 is 5.32 Å². The van der Waals surface area contributed by atoms with Crippen LogP contribution in [0.4, 0.5) is 0 Å². The summed E-state index contributed by atoms with van der Waals surface area (Å²) < 4.78 is 0. The third-order valence-electron chi connectivity index (χ3n) is 4.52. The lowest BCUT2D eigenvalue weighted by Gasteiger charge is -2.24. The zero-order valence-electron chi connectivity index (χ0n) is 11.6. The minimum absolute atomic E-state index is 0.0202. The van der Waals surface area contributed by atoms with Gasteiger partial charge in [-0.2, -0.15) is 0 Å². The van der Waals surface area contributed by atoms with E-state index in [1.807, 2.05) is 12.2 Å². The molecule has 22 heavy (non-hydrogen) atoms. The molecule has 4 nitrogen and oxygen atoms in total. The number of fused-ring (bicyclic) bond motifs is 2. The summed E-state index contributed by atoms with van der Waals surface area (Å²) in [5, 5.41) is 13.2. The van der Waals surface area contributed by atoms with E-state index in [2.05, 4.69) is 5.32 Å². The number of nitrogens with one attached hydrogen (secondary N) is 1. The number of rotatable bonds is 4. The van der Waals surface area contributed by atoms with Crippen LogP contribution in [0.25, 0.3) is 0 Å². The number of halogens is 2. The fraction of sp³-hybridized carbons (Fsp3) is 0.375. The van der Waals surface area contributed by atoms with Crippen molar-refractivity contribution in [2.75, 3.05) is 0 Å². The van der Waals surface area contributed by atoms with E-state index in [1.54, 1.807) is 18.2 Å². The molecule has 1 saturated carbocycles. The molecule has 0 heterocycles. The quantitative estimate of drug-likeness (QED) is 0.828. The second-order valence-electron chi connectivity index (χ2n) is 5.79. The Hall–Kier alpha value is -1.52. The van der Waals surface area contributed by atoms with Crippen LogP contribution in [0, 0.1) is 23.7 Å². The monoisotopic (exact) mass is 339 g/mol. The maximum Gasteiger partial charge on any atom is 0.307 e. The number of carboxylic acids is 1. The molecule has 0 aliphatic heterocycles. The van der Waals surface area contributed by atoms with Crippen molar-refractivity contribution in [3.63, 3.8) is 0 Å². The first-order chi connectivity index (χ1) is 10.5. The predicted molar refractivity (Wildman–Crippen MR) is 83.7 cm³/mol. The number of aliphatic carboxylic acids is 1. The van der Waals surface area contributed by atoms with E-state index in [0.29, 0.717) is 10.0 Å². The van der Waals surface area contributed by atoms with Crippen molar-refractivity contribution in [1.29, 1.82) is 0 Å². The Balaban J connectivity index is 1.69. The van der Waals surface area contributed by atoms with Gasteiger partial charge in [0.1, 0.15) is 0 Å². The van der Waals surface area contributed by atoms with Crippen LogP contribution in [0.2, 0.25) is 10.0 Å². The van der Waals surface area contributed by atoms with Gasteiger partial charge >= 0.3 is 5.97 Å². The van der Waals surface area contributed by atoms with Crippen LogP contribution >= 0.6 is 23.2 Å². The summed E-state index contributed by atoms with van der Waals surface area (Å²) in [6.45, 7) is 0.263. The minimum Gasteiger partial charge on any atom is -0.481 e. The van der Waals surface area contributed by atoms with Gasteiger partial charge in [-0.1, -0.05) is 41.4 Å². The maximum absolute atomic E-state index is 12.4. The summed E-state index contributed by atoms with van der Waals surface area (Å²) in [6, 6.07) is 5.07. The predicted octanol–water partition coefficient (Wildman–Crippen LogP) is 3.13. The lowest BCUT2D eigenvalue weighted by Crippen LogP contribution is -2.39. The first-order valence-electron chi connectivity index (χ1n) is 7.10. The molecular formula is C16H15Cl2NO3. The Labute approximate surface area is 138 Å². The van der Waals surface area contributed by atoms with Gasteiger partial charge in [-0.3, -0.25) is 9.59 Å². The first kappa shape index (κ1) is 15.4. The summed E-state index contributed by atoms with van der Waals surface area (Å²) in [7, 11) is 0. The average molecular weight is 340 g/mol. The fourth-order valence-corrected chi connectivity index (χ4v) is 3.96. The van der Waals surface area contributed by atoms with Gasteiger partial charge in [-0.25, -0.2) is 0 Å². The zero-order chi connectivity index (χ0) is 15.9. The molecular weight excluding hydrogens is 325 g/mol. The van der Waals surface area contributed by atoms with Crippen molar-refractivity contribution in [2.45, 2.75) is 13.0 Å². The van der Waals surface area contributed by atoms with Gasteiger partial charge in [0.15, 0.2) is 0 Å². The van der Waals surface area contributed by atoms with E-state index in [1.165, 1.54) is 0 Å². The van der Waals surface area contributed by atoms with Gasteiger partial charge in [-0.15, -0.1) is 0 Å². The highest BCUT2D eigenvalue weighted by molar-refractivity contribution is 6.35. The third-order valence-corrected chi connectivity index (χ3v) is 5.10. The van der Waals surface area contributed by atoms with Gasteiger partial charge in [0.2, 0.25) is 5.91 Å². The summed E-state index contributed by atoms with van der Waals surface area (Å²) in [5.41, 5.74) is 0.755. The molecule has 1 aromatic rings. The third kappa shape index (κ3) is 2.73. The lowest BCUT2D eigenvalue weighted by molar-refractivity contribution is -0.147. The van der Waals surface area contributed by atoms with E-state index in [9.17, 15) is 14.7 Å². The molecule has 2 bridgehead atoms. The fourth-order valence-electron chi connectivity index (χ4n) is 3.48. The first-order valence-corrected chi connectivity index (χ1v) is 7.85. The molecule has 0 aromatic heterocycles. The molecule has 0 saturated heterocycles. The molecule has 4 atom stereocenters. The summed E-state index contributed by atoms with van der Waals surface area (Å²) in [6.07, 6.45) is 4.63. The molecule has 6 heteroatoms. The van der Waals surface area contributed by atoms with Crippen molar-refractivity contribution >= 4 is 35.1 Å². The van der Waals surface area contributed by atoms with E-state index in [4.69, 9.17) is 23.2 Å². The Kier molecular flexibility index (Phi) is 4.15. The Bertz CT molecular complexity index is 659. The normalized spacial score (nSPS) is 28.8. The van der Waals surface area contributed by atoms with Crippen molar-refractivity contribution < 1.29 is 14.7 Å². The van der Waals surface area contributed by atoms with Crippen LogP contribution in [0.1, 0.15) is 12.0 Å². The molecule has 3 rings (SSSR count). The summed E-state index contributed by atoms with van der Waals surface area (Å²) in [4.78, 5) is 23.8. The lowest BCUT2D eigenvalue weighted by atomic mass is 9.82. The number of allylic oxidation sites excluding steroid dienone is 2. The van der Waals surface area contributed by atoms with E-state index < -0.39 is 17.8 Å². The van der Waals surface area contributed by atoms with Crippen LogP contribution in [-0.4, -0.2) is 17.0 Å². The van der Waals surface area contributed by atoms with Gasteiger partial charge in [0.05, 0.1) is 11.8 Å². The van der Waals surface area contributed by atoms with Crippen LogP contribution in [0.5, 0.6) is 0 Å². The molecule has 1 aromatic carbocycles. The SMILES string of the molecule is O=C(O)[C@@H]1[C@@H](C(=O)NCc2ccc(Cl)cc2Cl)[C@H]2C=C[C@H]1C2. The van der Waals surface area contributed by atoms with E-state index in [0.717, 1.165) is 12.0 Å². The van der Waals surface area contributed by atoms with Crippen molar-refractivity contribution in [2.24, 2.45) is 23.7 Å². The molecule has 2 aliphatic carbocycles. The smallest absolute Gasteiger partial charge is 0.307 e.